The van der Waals surface area contributed by atoms with E-state index in [9.17, 15) is 0 Å². The highest BCUT2D eigenvalue weighted by Crippen LogP contribution is 2.20. The third-order valence-corrected chi connectivity index (χ3v) is 2.49. The minimum atomic E-state index is 1.28. The van der Waals surface area contributed by atoms with Gasteiger partial charge in [-0.1, -0.05) is 58.4 Å². The summed E-state index contributed by atoms with van der Waals surface area (Å²) in [5.74, 6) is 1.57. The highest BCUT2D eigenvalue weighted by molar-refractivity contribution is 5.05. The summed E-state index contributed by atoms with van der Waals surface area (Å²) >= 11 is 0. The molecule has 0 heterocycles. The number of allylic oxidation sites excluding steroid dienone is 1. The van der Waals surface area contributed by atoms with Gasteiger partial charge in [-0.05, 0) is 18.8 Å². The van der Waals surface area contributed by atoms with Crippen LogP contribution in [0.1, 0.15) is 65.2 Å². The minimum absolute atomic E-state index is 1.28. The molecule has 0 aliphatic heterocycles. The molecule has 0 aromatic carbocycles. The second-order valence-electron chi connectivity index (χ2n) is 3.78. The van der Waals surface area contributed by atoms with Crippen LogP contribution in [0.2, 0.25) is 0 Å². The van der Waals surface area contributed by atoms with E-state index in [4.69, 9.17) is 0 Å². The van der Waals surface area contributed by atoms with Gasteiger partial charge in [-0.15, -0.1) is 6.58 Å². The van der Waals surface area contributed by atoms with Crippen LogP contribution < -0.4 is 0 Å². The summed E-state index contributed by atoms with van der Waals surface area (Å²) in [6.45, 7) is 8.39. The van der Waals surface area contributed by atoms with Gasteiger partial charge in [0.2, 0.25) is 0 Å². The quantitative estimate of drug-likeness (QED) is 0.448. The summed E-state index contributed by atoms with van der Waals surface area (Å²) in [4.78, 5) is 0. The Kier molecular flexibility index (Phi) is 9.63. The molecule has 0 heteroatoms. The van der Waals surface area contributed by atoms with Crippen molar-refractivity contribution >= 4 is 0 Å². The lowest BCUT2D eigenvalue weighted by Gasteiger charge is -2.10. The molecule has 0 N–H and O–H groups in total. The zero-order valence-corrected chi connectivity index (χ0v) is 9.44. The first kappa shape index (κ1) is 12.7. The summed E-state index contributed by atoms with van der Waals surface area (Å²) in [7, 11) is 0. The SMILES string of the molecule is C=C[C]([14CH2]CCCC)[14CH2]CCCC. The molecule has 0 unspecified atom stereocenters. The van der Waals surface area contributed by atoms with Crippen molar-refractivity contribution in [3.8, 4) is 0 Å². The Balaban J connectivity index is 3.34. The lowest BCUT2D eigenvalue weighted by atomic mass is 10.3. The van der Waals surface area contributed by atoms with Crippen LogP contribution in [0, 0.1) is 5.92 Å². The molecule has 0 aromatic heterocycles. The first-order valence-corrected chi connectivity index (χ1v) is 5.82. The molecule has 0 fully saturated rings. The fourth-order valence-corrected chi connectivity index (χ4v) is 1.53. The molecule has 0 bridgehead atoms. The Morgan fingerprint density at radius 2 is 1.54 bits per heavy atom. The first-order valence-electron chi connectivity index (χ1n) is 5.82. The van der Waals surface area contributed by atoms with Crippen molar-refractivity contribution in [2.24, 2.45) is 0 Å². The Morgan fingerprint density at radius 1 is 1.08 bits per heavy atom. The van der Waals surface area contributed by atoms with E-state index < -0.39 is 0 Å². The molecule has 0 saturated heterocycles. The van der Waals surface area contributed by atoms with E-state index in [1.807, 2.05) is 0 Å². The molecule has 0 saturated carbocycles. The Bertz CT molecular complexity index is 94.6. The molecule has 0 atom stereocenters. The highest BCUT2D eigenvalue weighted by atomic mass is 15.1. The van der Waals surface area contributed by atoms with Crippen LogP contribution in [0.25, 0.3) is 0 Å². The maximum absolute atomic E-state index is 3.88. The average molecular weight is 185 g/mol. The molecule has 0 nitrogen and oxygen atoms in total. The van der Waals surface area contributed by atoms with Gasteiger partial charge in [-0.2, -0.15) is 0 Å². The van der Waals surface area contributed by atoms with Crippen LogP contribution in [0.3, 0.4) is 0 Å². The van der Waals surface area contributed by atoms with Crippen LogP contribution in [0.5, 0.6) is 0 Å². The van der Waals surface area contributed by atoms with E-state index in [1.165, 1.54) is 51.4 Å². The monoisotopic (exact) mass is 185 g/mol. The zero-order chi connectivity index (χ0) is 9.94. The lowest BCUT2D eigenvalue weighted by Crippen LogP contribution is -1.93. The normalized spacial score (nSPS) is 10.7. The zero-order valence-electron chi connectivity index (χ0n) is 9.44. The van der Waals surface area contributed by atoms with Gasteiger partial charge in [-0.3, -0.25) is 0 Å². The van der Waals surface area contributed by atoms with E-state index >= 15 is 0 Å². The van der Waals surface area contributed by atoms with Crippen molar-refractivity contribution < 1.29 is 0 Å². The van der Waals surface area contributed by atoms with Gasteiger partial charge in [0.15, 0.2) is 0 Å². The van der Waals surface area contributed by atoms with Crippen LogP contribution in [0.15, 0.2) is 12.7 Å². The van der Waals surface area contributed by atoms with Crippen LogP contribution >= 0.6 is 0 Å². The van der Waals surface area contributed by atoms with Gasteiger partial charge in [0.25, 0.3) is 0 Å². The number of unbranched alkanes of at least 4 members (excludes halogenated alkanes) is 4. The smallest absolute Gasteiger partial charge is 0.00301 e. The Hall–Kier alpha value is -0.260. The van der Waals surface area contributed by atoms with Gasteiger partial charge in [0.05, 0.1) is 0 Å². The predicted octanol–water partition coefficient (Wildman–Crippen LogP) is 4.91. The largest absolute Gasteiger partial charge is 0.102 e. The molecule has 77 valence electrons. The molecule has 0 aliphatic carbocycles. The summed E-state index contributed by atoms with van der Waals surface area (Å²) in [6, 6.07) is 0. The van der Waals surface area contributed by atoms with Gasteiger partial charge >= 0.3 is 0 Å². The summed E-state index contributed by atoms with van der Waals surface area (Å²) in [6.07, 6.45) is 12.7. The van der Waals surface area contributed by atoms with E-state index in [0.717, 1.165) is 0 Å². The van der Waals surface area contributed by atoms with Gasteiger partial charge < -0.3 is 0 Å². The second kappa shape index (κ2) is 9.83. The Morgan fingerprint density at radius 3 is 1.85 bits per heavy atom. The van der Waals surface area contributed by atoms with Crippen molar-refractivity contribution in [1.82, 2.24) is 0 Å². The third kappa shape index (κ3) is 8.08. The van der Waals surface area contributed by atoms with Crippen molar-refractivity contribution in [3.63, 3.8) is 0 Å². The third-order valence-electron chi connectivity index (χ3n) is 2.49. The van der Waals surface area contributed by atoms with E-state index in [0.29, 0.717) is 0 Å². The van der Waals surface area contributed by atoms with Crippen LogP contribution in [0.4, 0.5) is 0 Å². The maximum Gasteiger partial charge on any atom is -0.00301 e. The van der Waals surface area contributed by atoms with Crippen LogP contribution in [-0.4, -0.2) is 0 Å². The standard InChI is InChI=1S/C13H25/c1-4-7-9-11-13(6-3)12-10-8-5-2/h6H,3-5,7-12H2,1-2H3/i11+2,12+2. The van der Waals surface area contributed by atoms with Crippen molar-refractivity contribution in [1.29, 1.82) is 0 Å². The minimum Gasteiger partial charge on any atom is -0.102 e. The molecule has 13 heavy (non-hydrogen) atoms. The summed E-state index contributed by atoms with van der Waals surface area (Å²) < 4.78 is 0. The molecule has 0 spiro atoms. The topological polar surface area (TPSA) is 0 Å². The van der Waals surface area contributed by atoms with Gasteiger partial charge in [0, 0.05) is 0 Å². The van der Waals surface area contributed by atoms with E-state index in [-0.39, 0.29) is 0 Å². The molecule has 1 radical (unpaired) electrons. The molecule has 0 aliphatic rings. The second-order valence-corrected chi connectivity index (χ2v) is 3.78. The fourth-order valence-electron chi connectivity index (χ4n) is 1.53. The molecular weight excluding hydrogens is 160 g/mol. The van der Waals surface area contributed by atoms with Crippen LogP contribution in [-0.2, 0) is 0 Å². The van der Waals surface area contributed by atoms with E-state index in [1.54, 1.807) is 5.92 Å². The fraction of sp³-hybridized carbons (Fsp3) is 0.769. The average Bonchev–Trinajstić information content (AvgIpc) is 2.16. The summed E-state index contributed by atoms with van der Waals surface area (Å²) in [5, 5.41) is 0. The lowest BCUT2D eigenvalue weighted by molar-refractivity contribution is 0.622. The van der Waals surface area contributed by atoms with Crippen molar-refractivity contribution in [2.45, 2.75) is 65.2 Å². The number of hydrogen-bond acceptors (Lipinski definition) is 0. The Labute approximate surface area is 84.4 Å². The summed E-state index contributed by atoms with van der Waals surface area (Å²) in [5.41, 5.74) is 0. The number of rotatable bonds is 9. The predicted molar refractivity (Wildman–Crippen MR) is 61.7 cm³/mol. The van der Waals surface area contributed by atoms with Crippen molar-refractivity contribution in [3.05, 3.63) is 18.6 Å². The highest BCUT2D eigenvalue weighted by Gasteiger charge is 2.03. The molecule has 0 aromatic rings. The number of hydrogen-bond donors (Lipinski definition) is 0. The molecular formula is C13H25. The van der Waals surface area contributed by atoms with E-state index in [2.05, 4.69) is 26.5 Å². The van der Waals surface area contributed by atoms with Crippen molar-refractivity contribution in [2.75, 3.05) is 0 Å². The molecule has 0 rings (SSSR count). The van der Waals surface area contributed by atoms with Gasteiger partial charge in [-0.25, -0.2) is 0 Å². The first-order chi connectivity index (χ1) is 6.35. The van der Waals surface area contributed by atoms with Gasteiger partial charge in [0.1, 0.15) is 0 Å². The molecule has 0 amide bonds. The maximum atomic E-state index is 3.88.